The molecule has 1 N–H and O–H groups in total. The number of carbonyl (C=O) groups is 1. The lowest BCUT2D eigenvalue weighted by Crippen LogP contribution is -2.32. The van der Waals surface area contributed by atoms with Crippen LogP contribution in [0.3, 0.4) is 0 Å². The first-order chi connectivity index (χ1) is 6.00. The summed E-state index contributed by atoms with van der Waals surface area (Å²) in [6, 6.07) is 0. The Balaban J connectivity index is 3.46. The molecule has 0 aromatic carbocycles. The molecule has 0 rings (SSSR count). The van der Waals surface area contributed by atoms with Gasteiger partial charge in [-0.15, -0.1) is 0 Å². The van der Waals surface area contributed by atoms with Gasteiger partial charge in [0, 0.05) is 0 Å². The van der Waals surface area contributed by atoms with Crippen molar-refractivity contribution < 1.29 is 9.90 Å². The summed E-state index contributed by atoms with van der Waals surface area (Å²) in [6.07, 6.45) is 6.37. The van der Waals surface area contributed by atoms with Gasteiger partial charge in [0.2, 0.25) is 0 Å². The van der Waals surface area contributed by atoms with Gasteiger partial charge in [0.1, 0.15) is 5.60 Å². The second kappa shape index (κ2) is 6.14. The molecular formula is C11H22O2. The molecule has 78 valence electrons. The molecule has 2 nitrogen and oxygen atoms in total. The van der Waals surface area contributed by atoms with Crippen molar-refractivity contribution >= 4 is 5.78 Å². The molecule has 0 aliphatic carbocycles. The first-order valence-electron chi connectivity index (χ1n) is 5.24. The van der Waals surface area contributed by atoms with Crippen LogP contribution in [-0.4, -0.2) is 16.5 Å². The average molecular weight is 186 g/mol. The van der Waals surface area contributed by atoms with Gasteiger partial charge in [-0.2, -0.15) is 0 Å². The summed E-state index contributed by atoms with van der Waals surface area (Å²) in [5, 5.41) is 9.60. The molecule has 0 saturated heterocycles. The fourth-order valence-corrected chi connectivity index (χ4v) is 1.25. The number of unbranched alkanes of at least 4 members (excludes halogenated alkanes) is 4. The van der Waals surface area contributed by atoms with Crippen molar-refractivity contribution in [1.82, 2.24) is 0 Å². The van der Waals surface area contributed by atoms with E-state index in [-0.39, 0.29) is 5.78 Å². The first-order valence-corrected chi connectivity index (χ1v) is 5.24. The van der Waals surface area contributed by atoms with Gasteiger partial charge in [-0.05, 0) is 20.3 Å². The van der Waals surface area contributed by atoms with Crippen LogP contribution in [0.4, 0.5) is 0 Å². The molecule has 0 aromatic heterocycles. The number of aliphatic hydroxyl groups is 1. The minimum atomic E-state index is -1.09. The van der Waals surface area contributed by atoms with E-state index in [4.69, 9.17) is 0 Å². The smallest absolute Gasteiger partial charge is 0.160 e. The van der Waals surface area contributed by atoms with Crippen molar-refractivity contribution in [3.8, 4) is 0 Å². The van der Waals surface area contributed by atoms with Crippen LogP contribution in [0.5, 0.6) is 0 Å². The van der Waals surface area contributed by atoms with Crippen molar-refractivity contribution in [2.45, 2.75) is 64.9 Å². The number of carbonyl (C=O) groups excluding carboxylic acids is 1. The Kier molecular flexibility index (Phi) is 5.97. The van der Waals surface area contributed by atoms with E-state index < -0.39 is 5.60 Å². The van der Waals surface area contributed by atoms with Gasteiger partial charge < -0.3 is 5.11 Å². The number of hydrogen-bond acceptors (Lipinski definition) is 2. The lowest BCUT2D eigenvalue weighted by atomic mass is 9.94. The predicted octanol–water partition coefficient (Wildman–Crippen LogP) is 2.69. The quantitative estimate of drug-likeness (QED) is 0.621. The molecule has 1 unspecified atom stereocenters. The van der Waals surface area contributed by atoms with E-state index in [1.807, 2.05) is 0 Å². The summed E-state index contributed by atoms with van der Waals surface area (Å²) in [7, 11) is 0. The molecule has 0 spiro atoms. The van der Waals surface area contributed by atoms with E-state index >= 15 is 0 Å². The third-order valence-corrected chi connectivity index (χ3v) is 2.53. The SMILES string of the molecule is CCCCCCCC(C)(O)C(C)=O. The summed E-state index contributed by atoms with van der Waals surface area (Å²) >= 11 is 0. The maximum absolute atomic E-state index is 10.9. The molecule has 0 radical (unpaired) electrons. The number of ketones is 1. The van der Waals surface area contributed by atoms with Gasteiger partial charge in [0.05, 0.1) is 0 Å². The van der Waals surface area contributed by atoms with Gasteiger partial charge in [-0.25, -0.2) is 0 Å². The molecule has 0 bridgehead atoms. The van der Waals surface area contributed by atoms with Crippen molar-refractivity contribution in [3.05, 3.63) is 0 Å². The Bertz CT molecular complexity index is 150. The highest BCUT2D eigenvalue weighted by Crippen LogP contribution is 2.16. The van der Waals surface area contributed by atoms with Crippen molar-refractivity contribution in [3.63, 3.8) is 0 Å². The molecule has 0 aliphatic heterocycles. The molecule has 1 atom stereocenters. The number of rotatable bonds is 7. The van der Waals surface area contributed by atoms with Gasteiger partial charge in [-0.1, -0.05) is 39.0 Å². The summed E-state index contributed by atoms with van der Waals surface area (Å²) in [5.74, 6) is -0.122. The van der Waals surface area contributed by atoms with E-state index in [0.717, 1.165) is 12.8 Å². The van der Waals surface area contributed by atoms with E-state index in [1.54, 1.807) is 6.92 Å². The van der Waals surface area contributed by atoms with Crippen LogP contribution < -0.4 is 0 Å². The van der Waals surface area contributed by atoms with Crippen molar-refractivity contribution in [2.75, 3.05) is 0 Å². The maximum Gasteiger partial charge on any atom is 0.160 e. The van der Waals surface area contributed by atoms with E-state index in [9.17, 15) is 9.90 Å². The normalized spacial score (nSPS) is 15.4. The fraction of sp³-hybridized carbons (Fsp3) is 0.909. The molecular weight excluding hydrogens is 164 g/mol. The maximum atomic E-state index is 10.9. The third kappa shape index (κ3) is 5.81. The molecule has 13 heavy (non-hydrogen) atoms. The zero-order valence-electron chi connectivity index (χ0n) is 9.10. The van der Waals surface area contributed by atoms with E-state index in [2.05, 4.69) is 6.92 Å². The van der Waals surface area contributed by atoms with Gasteiger partial charge in [0.15, 0.2) is 5.78 Å². The number of Topliss-reactive ketones (excluding diaryl/α,β-unsaturated/α-hetero) is 1. The molecule has 2 heteroatoms. The Hall–Kier alpha value is -0.370. The highest BCUT2D eigenvalue weighted by atomic mass is 16.3. The topological polar surface area (TPSA) is 37.3 Å². The second-order valence-electron chi connectivity index (χ2n) is 3.99. The lowest BCUT2D eigenvalue weighted by Gasteiger charge is -2.19. The van der Waals surface area contributed by atoms with Crippen LogP contribution in [0.1, 0.15) is 59.3 Å². The lowest BCUT2D eigenvalue weighted by molar-refractivity contribution is -0.134. The zero-order chi connectivity index (χ0) is 10.3. The van der Waals surface area contributed by atoms with Crippen LogP contribution in [0.2, 0.25) is 0 Å². The summed E-state index contributed by atoms with van der Waals surface area (Å²) in [4.78, 5) is 10.9. The molecule has 0 aromatic rings. The monoisotopic (exact) mass is 186 g/mol. The molecule has 0 saturated carbocycles. The van der Waals surface area contributed by atoms with Crippen molar-refractivity contribution in [2.24, 2.45) is 0 Å². The minimum Gasteiger partial charge on any atom is -0.382 e. The molecule has 0 fully saturated rings. The van der Waals surface area contributed by atoms with Crippen LogP contribution >= 0.6 is 0 Å². The Morgan fingerprint density at radius 2 is 1.77 bits per heavy atom. The zero-order valence-corrected chi connectivity index (χ0v) is 9.10. The Labute approximate surface area is 81.3 Å². The Morgan fingerprint density at radius 1 is 1.23 bits per heavy atom. The van der Waals surface area contributed by atoms with Crippen LogP contribution in [0.15, 0.2) is 0 Å². The van der Waals surface area contributed by atoms with E-state index in [1.165, 1.54) is 26.2 Å². The predicted molar refractivity (Wildman–Crippen MR) is 54.7 cm³/mol. The summed E-state index contributed by atoms with van der Waals surface area (Å²) < 4.78 is 0. The van der Waals surface area contributed by atoms with Gasteiger partial charge in [0.25, 0.3) is 0 Å². The largest absolute Gasteiger partial charge is 0.382 e. The van der Waals surface area contributed by atoms with Crippen LogP contribution in [0, 0.1) is 0 Å². The standard InChI is InChI=1S/C11H22O2/c1-4-5-6-7-8-9-11(3,13)10(2)12/h13H,4-9H2,1-3H3. The average Bonchev–Trinajstić information content (AvgIpc) is 2.03. The third-order valence-electron chi connectivity index (χ3n) is 2.53. The van der Waals surface area contributed by atoms with Gasteiger partial charge >= 0.3 is 0 Å². The second-order valence-corrected chi connectivity index (χ2v) is 3.99. The fourth-order valence-electron chi connectivity index (χ4n) is 1.25. The van der Waals surface area contributed by atoms with Crippen LogP contribution in [-0.2, 0) is 4.79 Å². The van der Waals surface area contributed by atoms with E-state index in [0.29, 0.717) is 6.42 Å². The van der Waals surface area contributed by atoms with Crippen LogP contribution in [0.25, 0.3) is 0 Å². The summed E-state index contributed by atoms with van der Waals surface area (Å²) in [5.41, 5.74) is -1.09. The minimum absolute atomic E-state index is 0.122. The Morgan fingerprint density at radius 3 is 2.23 bits per heavy atom. The van der Waals surface area contributed by atoms with Crippen molar-refractivity contribution in [1.29, 1.82) is 0 Å². The molecule has 0 heterocycles. The number of hydrogen-bond donors (Lipinski definition) is 1. The molecule has 0 amide bonds. The highest BCUT2D eigenvalue weighted by molar-refractivity contribution is 5.84. The first kappa shape index (κ1) is 12.6. The van der Waals surface area contributed by atoms with Gasteiger partial charge in [-0.3, -0.25) is 4.79 Å². The molecule has 0 aliphatic rings. The summed E-state index contributed by atoms with van der Waals surface area (Å²) in [6.45, 7) is 5.23. The highest BCUT2D eigenvalue weighted by Gasteiger charge is 2.24.